The monoisotopic (exact) mass is 319 g/mol. The normalized spacial score (nSPS) is 25.9. The van der Waals surface area contributed by atoms with E-state index in [1.54, 1.807) is 6.26 Å². The molecule has 5 heteroatoms. The fraction of sp³-hybridized carbons (Fsp3) is 0.722. The Kier molecular flexibility index (Phi) is 5.60. The summed E-state index contributed by atoms with van der Waals surface area (Å²) in [6.45, 7) is 4.57. The summed E-state index contributed by atoms with van der Waals surface area (Å²) in [5.41, 5.74) is -0.0920. The van der Waals surface area contributed by atoms with Gasteiger partial charge in [0.1, 0.15) is 5.76 Å². The molecule has 1 unspecified atom stereocenters. The van der Waals surface area contributed by atoms with Crippen LogP contribution in [0.3, 0.4) is 0 Å². The van der Waals surface area contributed by atoms with Crippen LogP contribution in [0.15, 0.2) is 27.8 Å². The van der Waals surface area contributed by atoms with Crippen LogP contribution in [0.25, 0.3) is 0 Å². The highest BCUT2D eigenvalue weighted by molar-refractivity contribution is 5.80. The summed E-state index contributed by atoms with van der Waals surface area (Å²) in [7, 11) is 0. The van der Waals surface area contributed by atoms with Crippen molar-refractivity contribution < 1.29 is 9.15 Å². The lowest BCUT2D eigenvalue weighted by Gasteiger charge is -2.23. The maximum Gasteiger partial charge on any atom is 0.191 e. The summed E-state index contributed by atoms with van der Waals surface area (Å²) in [4.78, 5) is 4.80. The topological polar surface area (TPSA) is 58.8 Å². The Morgan fingerprint density at radius 2 is 2.22 bits per heavy atom. The average molecular weight is 319 g/mol. The second kappa shape index (κ2) is 7.86. The van der Waals surface area contributed by atoms with Gasteiger partial charge in [-0.1, -0.05) is 12.8 Å². The highest BCUT2D eigenvalue weighted by Crippen LogP contribution is 2.25. The molecule has 1 saturated heterocycles. The zero-order chi connectivity index (χ0) is 16.0. The van der Waals surface area contributed by atoms with Crippen molar-refractivity contribution in [2.45, 2.75) is 63.5 Å². The molecule has 2 fully saturated rings. The van der Waals surface area contributed by atoms with Gasteiger partial charge in [0.05, 0.1) is 18.4 Å². The molecule has 3 rings (SSSR count). The molecule has 1 saturated carbocycles. The van der Waals surface area contributed by atoms with E-state index in [1.165, 1.54) is 25.7 Å². The second-order valence-electron chi connectivity index (χ2n) is 6.95. The Bertz CT molecular complexity index is 486. The third-order valence-electron chi connectivity index (χ3n) is 4.81. The summed E-state index contributed by atoms with van der Waals surface area (Å²) < 4.78 is 11.2. The summed E-state index contributed by atoms with van der Waals surface area (Å²) in [6, 6.07) is 4.50. The number of hydrogen-bond acceptors (Lipinski definition) is 3. The Morgan fingerprint density at radius 3 is 2.91 bits per heavy atom. The lowest BCUT2D eigenvalue weighted by atomic mass is 10.0. The molecule has 0 bridgehead atoms. The largest absolute Gasteiger partial charge is 0.469 e. The zero-order valence-electron chi connectivity index (χ0n) is 14.1. The van der Waals surface area contributed by atoms with Crippen molar-refractivity contribution in [1.29, 1.82) is 0 Å². The van der Waals surface area contributed by atoms with Gasteiger partial charge < -0.3 is 19.8 Å². The molecule has 1 atom stereocenters. The van der Waals surface area contributed by atoms with Crippen molar-refractivity contribution in [2.75, 3.05) is 19.7 Å². The van der Waals surface area contributed by atoms with E-state index in [9.17, 15) is 0 Å². The van der Waals surface area contributed by atoms with Gasteiger partial charge in [-0.25, -0.2) is 0 Å². The van der Waals surface area contributed by atoms with Crippen LogP contribution in [0.4, 0.5) is 0 Å². The Morgan fingerprint density at radius 1 is 1.35 bits per heavy atom. The number of ether oxygens (including phenoxy) is 1. The van der Waals surface area contributed by atoms with Gasteiger partial charge in [0.15, 0.2) is 5.96 Å². The van der Waals surface area contributed by atoms with Crippen LogP contribution < -0.4 is 10.6 Å². The van der Waals surface area contributed by atoms with Gasteiger partial charge >= 0.3 is 0 Å². The number of hydrogen-bond donors (Lipinski definition) is 2. The summed E-state index contributed by atoms with van der Waals surface area (Å²) in [5, 5.41) is 7.04. The van der Waals surface area contributed by atoms with Crippen LogP contribution in [-0.2, 0) is 11.2 Å². The van der Waals surface area contributed by atoms with Crippen LogP contribution in [0.5, 0.6) is 0 Å². The first-order chi connectivity index (χ1) is 11.2. The predicted octanol–water partition coefficient (Wildman–Crippen LogP) is 2.87. The van der Waals surface area contributed by atoms with Gasteiger partial charge in [0, 0.05) is 25.6 Å². The number of nitrogens with one attached hydrogen (secondary N) is 2. The molecule has 1 aromatic rings. The molecule has 0 spiro atoms. The molecule has 5 nitrogen and oxygen atoms in total. The molecule has 2 heterocycles. The third-order valence-corrected chi connectivity index (χ3v) is 4.81. The van der Waals surface area contributed by atoms with E-state index in [0.717, 1.165) is 50.7 Å². The number of nitrogens with zero attached hydrogens (tertiary/aromatic N) is 1. The molecule has 23 heavy (non-hydrogen) atoms. The Hall–Kier alpha value is -1.49. The van der Waals surface area contributed by atoms with E-state index in [2.05, 4.69) is 17.6 Å². The lowest BCUT2D eigenvalue weighted by molar-refractivity contribution is 0.0283. The maximum absolute atomic E-state index is 5.85. The smallest absolute Gasteiger partial charge is 0.191 e. The highest BCUT2D eigenvalue weighted by Gasteiger charge is 2.29. The third kappa shape index (κ3) is 4.99. The van der Waals surface area contributed by atoms with Crippen molar-refractivity contribution in [3.05, 3.63) is 24.2 Å². The van der Waals surface area contributed by atoms with Crippen molar-refractivity contribution in [1.82, 2.24) is 10.6 Å². The SMILES string of the molecule is CC1(CN=C(NCCc2ccco2)NC2CCCC2)CCCO1. The van der Waals surface area contributed by atoms with Crippen LogP contribution in [-0.4, -0.2) is 37.3 Å². The van der Waals surface area contributed by atoms with E-state index >= 15 is 0 Å². The van der Waals surface area contributed by atoms with E-state index in [4.69, 9.17) is 14.1 Å². The standard InChI is InChI=1S/C18H29N3O2/c1-18(10-5-13-23-18)14-20-17(21-15-6-2-3-7-15)19-11-9-16-8-4-12-22-16/h4,8,12,15H,2-3,5-7,9-11,13-14H2,1H3,(H2,19,20,21). The molecule has 0 amide bonds. The minimum absolute atomic E-state index is 0.0920. The van der Waals surface area contributed by atoms with Crippen molar-refractivity contribution in [3.8, 4) is 0 Å². The molecule has 0 radical (unpaired) electrons. The molecule has 2 N–H and O–H groups in total. The first-order valence-corrected chi connectivity index (χ1v) is 8.95. The van der Waals surface area contributed by atoms with Crippen molar-refractivity contribution in [2.24, 2.45) is 4.99 Å². The second-order valence-corrected chi connectivity index (χ2v) is 6.95. The van der Waals surface area contributed by atoms with Crippen LogP contribution in [0, 0.1) is 0 Å². The molecule has 0 aromatic carbocycles. The fourth-order valence-electron chi connectivity index (χ4n) is 3.38. The first kappa shape index (κ1) is 16.4. The number of furan rings is 1. The van der Waals surface area contributed by atoms with Crippen LogP contribution in [0.1, 0.15) is 51.2 Å². The number of rotatable bonds is 6. The summed E-state index contributed by atoms with van der Waals surface area (Å²) >= 11 is 0. The molecule has 1 aliphatic carbocycles. The number of aliphatic imine (C=N–C) groups is 1. The summed E-state index contributed by atoms with van der Waals surface area (Å²) in [6.07, 6.45) is 9.95. The predicted molar refractivity (Wildman–Crippen MR) is 91.7 cm³/mol. The first-order valence-electron chi connectivity index (χ1n) is 8.95. The zero-order valence-corrected chi connectivity index (χ0v) is 14.1. The van der Waals surface area contributed by atoms with Crippen molar-refractivity contribution >= 4 is 5.96 Å². The Balaban J connectivity index is 1.53. The highest BCUT2D eigenvalue weighted by atomic mass is 16.5. The molecule has 128 valence electrons. The van der Waals surface area contributed by atoms with E-state index < -0.39 is 0 Å². The van der Waals surface area contributed by atoms with E-state index in [1.807, 2.05) is 12.1 Å². The molecule has 1 aromatic heterocycles. The van der Waals surface area contributed by atoms with Gasteiger partial charge in [0.25, 0.3) is 0 Å². The summed E-state index contributed by atoms with van der Waals surface area (Å²) in [5.74, 6) is 1.92. The molecule has 1 aliphatic heterocycles. The van der Waals surface area contributed by atoms with Gasteiger partial charge in [-0.05, 0) is 44.7 Å². The average Bonchev–Trinajstić information content (AvgIpc) is 3.27. The van der Waals surface area contributed by atoms with E-state index in [0.29, 0.717) is 6.04 Å². The van der Waals surface area contributed by atoms with Crippen LogP contribution in [0.2, 0.25) is 0 Å². The lowest BCUT2D eigenvalue weighted by Crippen LogP contribution is -2.44. The maximum atomic E-state index is 5.85. The quantitative estimate of drug-likeness (QED) is 0.625. The fourth-order valence-corrected chi connectivity index (χ4v) is 3.38. The van der Waals surface area contributed by atoms with E-state index in [-0.39, 0.29) is 5.60 Å². The van der Waals surface area contributed by atoms with Gasteiger partial charge in [-0.3, -0.25) is 4.99 Å². The minimum Gasteiger partial charge on any atom is -0.469 e. The van der Waals surface area contributed by atoms with Crippen molar-refractivity contribution in [3.63, 3.8) is 0 Å². The molecular formula is C18H29N3O2. The Labute approximate surface area is 138 Å². The minimum atomic E-state index is -0.0920. The van der Waals surface area contributed by atoms with Gasteiger partial charge in [-0.2, -0.15) is 0 Å². The van der Waals surface area contributed by atoms with Crippen LogP contribution >= 0.6 is 0 Å². The van der Waals surface area contributed by atoms with Gasteiger partial charge in [0.2, 0.25) is 0 Å². The molecule has 2 aliphatic rings. The van der Waals surface area contributed by atoms with Gasteiger partial charge in [-0.15, -0.1) is 0 Å². The number of guanidine groups is 1. The molecular weight excluding hydrogens is 290 g/mol.